The number of halogens is 3. The van der Waals surface area contributed by atoms with E-state index in [9.17, 15) is 42.3 Å². The van der Waals surface area contributed by atoms with Gasteiger partial charge in [-0.15, -0.1) is 11.3 Å². The van der Waals surface area contributed by atoms with Crippen LogP contribution >= 0.6 is 11.3 Å². The largest absolute Gasteiger partial charge is 0.433 e. The summed E-state index contributed by atoms with van der Waals surface area (Å²) in [7, 11) is 5.62. The van der Waals surface area contributed by atoms with E-state index in [0.717, 1.165) is 63.8 Å². The number of thiazole rings is 1. The lowest BCUT2D eigenvalue weighted by molar-refractivity contribution is -0.141. The maximum Gasteiger partial charge on any atom is 0.433 e. The van der Waals surface area contributed by atoms with E-state index >= 15 is 0 Å². The number of amides is 4. The molecular weight excluding hydrogens is 848 g/mol. The molecule has 4 amide bonds. The number of nitrogens with zero attached hydrogens (tertiary/aromatic N) is 5. The Balaban J connectivity index is 0.000000191. The highest BCUT2D eigenvalue weighted by molar-refractivity contribution is 7.18. The first kappa shape index (κ1) is 46.7. The number of likely N-dealkylation sites (tertiary alicyclic amines) is 1. The Labute approximate surface area is 374 Å². The average Bonchev–Trinajstić information content (AvgIpc) is 3.78. The Morgan fingerprint density at radius 3 is 2.38 bits per heavy atom. The average molecular weight is 904 g/mol. The Morgan fingerprint density at radius 2 is 1.73 bits per heavy atom. The number of pyridine rings is 1. The van der Waals surface area contributed by atoms with Crippen LogP contribution in [0.25, 0.3) is 10.2 Å². The number of carbonyl (C=O) groups is 5. The number of aromatic nitrogens is 2. The van der Waals surface area contributed by atoms with Crippen molar-refractivity contribution < 1.29 is 42.3 Å². The molecule has 8 rings (SSSR count). The second-order valence-corrected chi connectivity index (χ2v) is 19.5. The van der Waals surface area contributed by atoms with Gasteiger partial charge in [-0.3, -0.25) is 24.1 Å². The van der Waals surface area contributed by atoms with Gasteiger partial charge in [-0.25, -0.2) is 9.97 Å². The molecule has 2 aliphatic heterocycles. The fourth-order valence-electron chi connectivity index (χ4n) is 9.82. The molecule has 2 aliphatic carbocycles. The van der Waals surface area contributed by atoms with E-state index in [-0.39, 0.29) is 24.4 Å². The van der Waals surface area contributed by atoms with Gasteiger partial charge in [0.25, 0.3) is 17.7 Å². The number of nitrogens with one attached hydrogen (secondary N) is 2. The van der Waals surface area contributed by atoms with E-state index in [1.807, 2.05) is 18.0 Å². The number of benzene rings is 2. The highest BCUT2D eigenvalue weighted by Crippen LogP contribution is 2.52. The predicted octanol–water partition coefficient (Wildman–Crippen LogP) is 7.78. The minimum absolute atomic E-state index is 0.0682. The van der Waals surface area contributed by atoms with Gasteiger partial charge >= 0.3 is 6.18 Å². The van der Waals surface area contributed by atoms with Crippen LogP contribution in [0.2, 0.25) is 0 Å². The van der Waals surface area contributed by atoms with Crippen molar-refractivity contribution >= 4 is 62.8 Å². The molecule has 342 valence electrons. The molecule has 2 aromatic carbocycles. The summed E-state index contributed by atoms with van der Waals surface area (Å²) in [5.74, 6) is -0.816. The summed E-state index contributed by atoms with van der Waals surface area (Å²) in [6.45, 7) is 6.38. The zero-order chi connectivity index (χ0) is 46.1. The first-order valence-electron chi connectivity index (χ1n) is 21.9. The SMILES string of the molecule is CC(C)(O)c1cc2nc(C3CCCCC3)sc2cc1NC(=O)c1cccc(C(F)(F)F)n1.CNC(=O)CCC(C=O)N1C(=O)c2cccc(N(C)CCC3CC4(C3)CN(C)C4)c2C1=O. The quantitative estimate of drug-likeness (QED) is 0.0892. The molecule has 2 aromatic heterocycles. The molecule has 13 nitrogen and oxygen atoms in total. The van der Waals surface area contributed by atoms with Crippen molar-refractivity contribution in [1.82, 2.24) is 25.1 Å². The van der Waals surface area contributed by atoms with E-state index in [2.05, 4.69) is 27.6 Å². The topological polar surface area (TPSA) is 165 Å². The molecule has 0 bridgehead atoms. The van der Waals surface area contributed by atoms with Crippen LogP contribution in [-0.4, -0.2) is 102 Å². The lowest BCUT2D eigenvalue weighted by atomic mass is 9.57. The maximum absolute atomic E-state index is 13.2. The summed E-state index contributed by atoms with van der Waals surface area (Å²) in [5.41, 5.74) is 0.666. The summed E-state index contributed by atoms with van der Waals surface area (Å²) in [4.78, 5) is 75.9. The zero-order valence-corrected chi connectivity index (χ0v) is 37.7. The van der Waals surface area contributed by atoms with Crippen LogP contribution in [0, 0.1) is 11.3 Å². The van der Waals surface area contributed by atoms with E-state index in [1.54, 1.807) is 49.4 Å². The van der Waals surface area contributed by atoms with Crippen molar-refractivity contribution in [3.8, 4) is 0 Å². The summed E-state index contributed by atoms with van der Waals surface area (Å²) in [5, 5.41) is 16.9. The summed E-state index contributed by atoms with van der Waals surface area (Å²) in [6.07, 6.45) is 5.52. The molecule has 3 N–H and O–H groups in total. The first-order chi connectivity index (χ1) is 30.3. The van der Waals surface area contributed by atoms with Gasteiger partial charge in [-0.2, -0.15) is 13.2 Å². The van der Waals surface area contributed by atoms with E-state index < -0.39 is 41.2 Å². The fraction of sp³-hybridized carbons (Fsp3) is 0.511. The summed E-state index contributed by atoms with van der Waals surface area (Å²) in [6, 6.07) is 11.0. The second-order valence-electron chi connectivity index (χ2n) is 18.4. The van der Waals surface area contributed by atoms with Gasteiger partial charge in [0.15, 0.2) is 0 Å². The fourth-order valence-corrected chi connectivity index (χ4v) is 11.0. The van der Waals surface area contributed by atoms with E-state index in [4.69, 9.17) is 4.98 Å². The monoisotopic (exact) mass is 903 g/mol. The Morgan fingerprint density at radius 1 is 1.03 bits per heavy atom. The van der Waals surface area contributed by atoms with Gasteiger partial charge in [0.1, 0.15) is 17.7 Å². The first-order valence-corrected chi connectivity index (χ1v) is 22.7. The molecule has 64 heavy (non-hydrogen) atoms. The molecule has 1 saturated heterocycles. The molecule has 4 aliphatic rings. The van der Waals surface area contributed by atoms with Gasteiger partial charge in [0.2, 0.25) is 5.91 Å². The van der Waals surface area contributed by atoms with Crippen LogP contribution in [-0.2, 0) is 21.4 Å². The number of alkyl halides is 3. The van der Waals surface area contributed by atoms with Crippen LogP contribution in [0.4, 0.5) is 24.5 Å². The number of hydrogen-bond donors (Lipinski definition) is 3. The molecule has 2 saturated carbocycles. The Bertz CT molecular complexity index is 2410. The second kappa shape index (κ2) is 18.7. The molecule has 17 heteroatoms. The highest BCUT2D eigenvalue weighted by Gasteiger charge is 2.50. The van der Waals surface area contributed by atoms with Crippen LogP contribution in [0.5, 0.6) is 0 Å². The van der Waals surface area contributed by atoms with Gasteiger partial charge in [-0.1, -0.05) is 31.4 Å². The lowest BCUT2D eigenvalue weighted by Gasteiger charge is -2.58. The van der Waals surface area contributed by atoms with Gasteiger partial charge in [0.05, 0.1) is 43.7 Å². The van der Waals surface area contributed by atoms with Gasteiger partial charge < -0.3 is 30.3 Å². The third-order valence-corrected chi connectivity index (χ3v) is 14.2. The van der Waals surface area contributed by atoms with Crippen molar-refractivity contribution in [3.05, 3.63) is 81.6 Å². The molecule has 4 heterocycles. The molecule has 1 atom stereocenters. The van der Waals surface area contributed by atoms with Crippen LogP contribution in [0.15, 0.2) is 48.5 Å². The molecule has 1 unspecified atom stereocenters. The van der Waals surface area contributed by atoms with Crippen molar-refractivity contribution in [2.24, 2.45) is 11.3 Å². The number of aldehydes is 1. The Hall–Kier alpha value is -5.26. The minimum Gasteiger partial charge on any atom is -0.386 e. The number of aliphatic hydroxyl groups is 1. The molecular formula is C47H56F3N7O6S. The van der Waals surface area contributed by atoms with Gasteiger partial charge in [-0.05, 0) is 107 Å². The Kier molecular flexibility index (Phi) is 13.6. The lowest BCUT2D eigenvalue weighted by Crippen LogP contribution is -2.60. The summed E-state index contributed by atoms with van der Waals surface area (Å²) < 4.78 is 39.8. The van der Waals surface area contributed by atoms with Crippen molar-refractivity contribution in [2.45, 2.75) is 102 Å². The third kappa shape index (κ3) is 10.0. The highest BCUT2D eigenvalue weighted by atomic mass is 32.1. The predicted molar refractivity (Wildman–Crippen MR) is 239 cm³/mol. The van der Waals surface area contributed by atoms with Crippen molar-refractivity contribution in [1.29, 1.82) is 0 Å². The number of fused-ring (bicyclic) bond motifs is 2. The van der Waals surface area contributed by atoms with Crippen LogP contribution in [0.1, 0.15) is 131 Å². The van der Waals surface area contributed by atoms with E-state index in [0.29, 0.717) is 45.9 Å². The van der Waals surface area contributed by atoms with Crippen LogP contribution < -0.4 is 15.5 Å². The molecule has 0 radical (unpaired) electrons. The standard InChI is InChI=1S/C24H32N4O4.C23H24F3N3O2S/c1-25-20(30)8-7-17(13-29)28-22(31)18-5-4-6-19(21(18)23(28)32)27(3)10-9-16-11-24(12-16)14-26(2)15-24;1-22(2,31)14-11-17-18(32-21(29-17)13-7-4-3-5-8-13)12-16(14)28-20(30)15-9-6-10-19(27-15)23(24,25)26/h4-6,13,16-17H,7-12,14-15H2,1-3H3,(H,25,30);6,9-13,31H,3-5,7-8H2,1-2H3,(H,28,30). The third-order valence-electron chi connectivity index (χ3n) is 13.0. The molecule has 1 spiro atoms. The summed E-state index contributed by atoms with van der Waals surface area (Å²) >= 11 is 1.56. The normalized spacial score (nSPS) is 18.2. The molecule has 3 fully saturated rings. The smallest absolute Gasteiger partial charge is 0.386 e. The minimum atomic E-state index is -4.65. The maximum atomic E-state index is 13.2. The van der Waals surface area contributed by atoms with Crippen LogP contribution in [0.3, 0.4) is 0 Å². The number of rotatable bonds is 13. The number of hydrogen-bond acceptors (Lipinski definition) is 11. The van der Waals surface area contributed by atoms with Gasteiger partial charge in [0, 0.05) is 57.3 Å². The number of carbonyl (C=O) groups excluding carboxylic acids is 5. The number of anilines is 2. The molecule has 4 aromatic rings. The van der Waals surface area contributed by atoms with Crippen molar-refractivity contribution in [3.63, 3.8) is 0 Å². The number of imide groups is 1. The van der Waals surface area contributed by atoms with Crippen molar-refractivity contribution in [2.75, 3.05) is 51.0 Å². The van der Waals surface area contributed by atoms with E-state index in [1.165, 1.54) is 58.3 Å². The zero-order valence-electron chi connectivity index (χ0n) is 36.9.